The lowest BCUT2D eigenvalue weighted by atomic mass is 10.1. The Morgan fingerprint density at radius 2 is 2.04 bits per heavy atom. The summed E-state index contributed by atoms with van der Waals surface area (Å²) in [4.78, 5) is 27.3. The Kier molecular flexibility index (Phi) is 4.04. The number of carbonyl (C=O) groups excluding carboxylic acids is 1. The molecule has 0 radical (unpaired) electrons. The molecule has 1 aliphatic rings. The minimum Gasteiger partial charge on any atom is -0.481 e. The van der Waals surface area contributed by atoms with E-state index >= 15 is 0 Å². The molecule has 1 saturated carbocycles. The summed E-state index contributed by atoms with van der Waals surface area (Å²) in [6, 6.07) is 6.27. The zero-order valence-corrected chi connectivity index (χ0v) is 12.9. The number of rotatable bonds is 5. The number of amides is 1. The summed E-state index contributed by atoms with van der Waals surface area (Å²) in [5, 5.41) is 16.2. The van der Waals surface area contributed by atoms with Crippen molar-refractivity contribution in [3.63, 3.8) is 0 Å². The van der Waals surface area contributed by atoms with Gasteiger partial charge in [0.1, 0.15) is 6.04 Å². The third-order valence-corrected chi connectivity index (χ3v) is 3.99. The number of nitrogens with one attached hydrogen (secondary N) is 1. The molecule has 23 heavy (non-hydrogen) atoms. The van der Waals surface area contributed by atoms with E-state index in [1.165, 1.54) is 0 Å². The SMILES string of the molecule is Cc1nc(C(NC(=O)C2CC2C(=O)O)c2ccc(Cl)cc2)no1. The predicted molar refractivity (Wildman–Crippen MR) is 79.7 cm³/mol. The van der Waals surface area contributed by atoms with Gasteiger partial charge in [-0.3, -0.25) is 9.59 Å². The molecule has 120 valence electrons. The van der Waals surface area contributed by atoms with Gasteiger partial charge in [-0.2, -0.15) is 4.98 Å². The van der Waals surface area contributed by atoms with Crippen molar-refractivity contribution in [3.05, 3.63) is 46.6 Å². The third-order valence-electron chi connectivity index (χ3n) is 3.74. The molecule has 2 aromatic rings. The minimum atomic E-state index is -0.955. The second-order valence-corrected chi connectivity index (χ2v) is 5.89. The Morgan fingerprint density at radius 3 is 2.57 bits per heavy atom. The highest BCUT2D eigenvalue weighted by molar-refractivity contribution is 6.30. The molecule has 0 saturated heterocycles. The molecule has 1 aliphatic carbocycles. The van der Waals surface area contributed by atoms with E-state index in [4.69, 9.17) is 21.2 Å². The van der Waals surface area contributed by atoms with Crippen LogP contribution in [0.2, 0.25) is 5.02 Å². The Balaban J connectivity index is 1.83. The molecule has 0 bridgehead atoms. The number of aryl methyl sites for hydroxylation is 1. The van der Waals surface area contributed by atoms with E-state index in [1.807, 2.05) is 0 Å². The predicted octanol–water partition coefficient (Wildman–Crippen LogP) is 1.96. The van der Waals surface area contributed by atoms with Gasteiger partial charge in [-0.05, 0) is 24.1 Å². The van der Waals surface area contributed by atoms with E-state index in [2.05, 4.69) is 15.5 Å². The van der Waals surface area contributed by atoms with Crippen LogP contribution in [0.4, 0.5) is 0 Å². The van der Waals surface area contributed by atoms with Crippen LogP contribution in [0.1, 0.15) is 29.7 Å². The summed E-state index contributed by atoms with van der Waals surface area (Å²) in [7, 11) is 0. The first kappa shape index (κ1) is 15.5. The standard InChI is InChI=1S/C15H14ClN3O4/c1-7-17-13(19-23-7)12(8-2-4-9(16)5-3-8)18-14(20)10-6-11(10)15(21)22/h2-5,10-12H,6H2,1H3,(H,18,20)(H,21,22). The van der Waals surface area contributed by atoms with E-state index in [0.717, 1.165) is 5.56 Å². The number of hydrogen-bond donors (Lipinski definition) is 2. The van der Waals surface area contributed by atoms with E-state index in [-0.39, 0.29) is 5.91 Å². The molecule has 8 heteroatoms. The lowest BCUT2D eigenvalue weighted by Crippen LogP contribution is -2.32. The van der Waals surface area contributed by atoms with Gasteiger partial charge in [0.05, 0.1) is 11.8 Å². The van der Waals surface area contributed by atoms with Gasteiger partial charge >= 0.3 is 5.97 Å². The highest BCUT2D eigenvalue weighted by atomic mass is 35.5. The molecule has 2 N–H and O–H groups in total. The molecular formula is C15H14ClN3O4. The van der Waals surface area contributed by atoms with Crippen LogP contribution < -0.4 is 5.32 Å². The number of nitrogens with zero attached hydrogens (tertiary/aromatic N) is 2. The smallest absolute Gasteiger partial charge is 0.307 e. The second-order valence-electron chi connectivity index (χ2n) is 5.45. The fraction of sp³-hybridized carbons (Fsp3) is 0.333. The average Bonchev–Trinajstić information content (AvgIpc) is 3.22. The van der Waals surface area contributed by atoms with Crippen LogP contribution in [0.5, 0.6) is 0 Å². The number of halogens is 1. The van der Waals surface area contributed by atoms with Crippen LogP contribution in [0.3, 0.4) is 0 Å². The summed E-state index contributed by atoms with van der Waals surface area (Å²) in [5.41, 5.74) is 0.732. The molecule has 3 rings (SSSR count). The molecule has 7 nitrogen and oxygen atoms in total. The van der Waals surface area contributed by atoms with Crippen LogP contribution in [-0.2, 0) is 9.59 Å². The van der Waals surface area contributed by atoms with Crippen molar-refractivity contribution >= 4 is 23.5 Å². The maximum Gasteiger partial charge on any atom is 0.307 e. The molecule has 1 aromatic heterocycles. The van der Waals surface area contributed by atoms with Crippen LogP contribution in [0.15, 0.2) is 28.8 Å². The number of carboxylic acids is 1. The maximum absolute atomic E-state index is 12.3. The fourth-order valence-corrected chi connectivity index (χ4v) is 2.52. The Bertz CT molecular complexity index is 743. The van der Waals surface area contributed by atoms with Gasteiger partial charge in [0.15, 0.2) is 5.82 Å². The number of hydrogen-bond acceptors (Lipinski definition) is 5. The zero-order chi connectivity index (χ0) is 16.6. The summed E-state index contributed by atoms with van der Waals surface area (Å²) >= 11 is 5.88. The highest BCUT2D eigenvalue weighted by Crippen LogP contribution is 2.39. The first-order valence-corrected chi connectivity index (χ1v) is 7.42. The molecule has 3 unspecified atom stereocenters. The van der Waals surface area contributed by atoms with E-state index in [9.17, 15) is 9.59 Å². The molecule has 3 atom stereocenters. The van der Waals surface area contributed by atoms with Crippen molar-refractivity contribution < 1.29 is 19.2 Å². The maximum atomic E-state index is 12.3. The van der Waals surface area contributed by atoms with Gasteiger partial charge in [-0.25, -0.2) is 0 Å². The first-order valence-electron chi connectivity index (χ1n) is 7.04. The number of aromatic nitrogens is 2. The van der Waals surface area contributed by atoms with Gasteiger partial charge in [-0.15, -0.1) is 0 Å². The minimum absolute atomic E-state index is 0.311. The van der Waals surface area contributed by atoms with Crippen LogP contribution in [-0.4, -0.2) is 27.1 Å². The van der Waals surface area contributed by atoms with Gasteiger partial charge in [0.2, 0.25) is 11.8 Å². The molecular weight excluding hydrogens is 322 g/mol. The third kappa shape index (κ3) is 3.34. The van der Waals surface area contributed by atoms with E-state index in [1.54, 1.807) is 31.2 Å². The quantitative estimate of drug-likeness (QED) is 0.865. The lowest BCUT2D eigenvalue weighted by Gasteiger charge is -2.16. The summed E-state index contributed by atoms with van der Waals surface area (Å²) in [6.45, 7) is 1.65. The number of carboxylic acid groups (broad SMARTS) is 1. The number of aliphatic carboxylic acids is 1. The molecule has 1 heterocycles. The molecule has 1 fully saturated rings. The number of benzene rings is 1. The zero-order valence-electron chi connectivity index (χ0n) is 12.2. The second kappa shape index (κ2) is 6.00. The monoisotopic (exact) mass is 335 g/mol. The molecule has 1 aromatic carbocycles. The highest BCUT2D eigenvalue weighted by Gasteiger charge is 2.48. The molecule has 0 aliphatic heterocycles. The topological polar surface area (TPSA) is 105 Å². The van der Waals surface area contributed by atoms with Gasteiger partial charge in [-0.1, -0.05) is 28.9 Å². The van der Waals surface area contributed by atoms with E-state index in [0.29, 0.717) is 23.2 Å². The van der Waals surface area contributed by atoms with Crippen molar-refractivity contribution in [1.82, 2.24) is 15.5 Å². The largest absolute Gasteiger partial charge is 0.481 e. The summed E-state index contributed by atoms with van der Waals surface area (Å²) in [5.74, 6) is -1.74. The van der Waals surface area contributed by atoms with Crippen LogP contribution >= 0.6 is 11.6 Å². The molecule has 0 spiro atoms. The van der Waals surface area contributed by atoms with E-state index < -0.39 is 23.8 Å². The van der Waals surface area contributed by atoms with Crippen LogP contribution in [0, 0.1) is 18.8 Å². The Morgan fingerprint density at radius 1 is 1.35 bits per heavy atom. The fourth-order valence-electron chi connectivity index (χ4n) is 2.39. The molecule has 1 amide bonds. The summed E-state index contributed by atoms with van der Waals surface area (Å²) in [6.07, 6.45) is 0.347. The van der Waals surface area contributed by atoms with Crippen molar-refractivity contribution in [1.29, 1.82) is 0 Å². The first-order chi connectivity index (χ1) is 11.0. The average molecular weight is 336 g/mol. The van der Waals surface area contributed by atoms with Crippen molar-refractivity contribution in [2.75, 3.05) is 0 Å². The van der Waals surface area contributed by atoms with Gasteiger partial charge in [0, 0.05) is 11.9 Å². The van der Waals surface area contributed by atoms with Crippen LogP contribution in [0.25, 0.3) is 0 Å². The van der Waals surface area contributed by atoms with Gasteiger partial charge < -0.3 is 14.9 Å². The lowest BCUT2D eigenvalue weighted by molar-refractivity contribution is -0.140. The summed E-state index contributed by atoms with van der Waals surface area (Å²) < 4.78 is 4.98. The Labute approximate surface area is 136 Å². The normalized spacial score (nSPS) is 20.8. The van der Waals surface area contributed by atoms with Crippen molar-refractivity contribution in [3.8, 4) is 0 Å². The Hall–Kier alpha value is -2.41. The number of carbonyl (C=O) groups is 2. The van der Waals surface area contributed by atoms with Gasteiger partial charge in [0.25, 0.3) is 0 Å². The van der Waals surface area contributed by atoms with Crippen molar-refractivity contribution in [2.24, 2.45) is 11.8 Å². The van der Waals surface area contributed by atoms with Crippen molar-refractivity contribution in [2.45, 2.75) is 19.4 Å².